The molecule has 39 heavy (non-hydrogen) atoms. The van der Waals surface area contributed by atoms with Crippen molar-refractivity contribution in [3.05, 3.63) is 41.6 Å². The average Bonchev–Trinajstić information content (AvgIpc) is 3.24. The summed E-state index contributed by atoms with van der Waals surface area (Å²) in [5.74, 6) is 0.275. The summed E-state index contributed by atoms with van der Waals surface area (Å²) in [6.07, 6.45) is 6.04. The molecule has 1 N–H and O–H groups in total. The summed E-state index contributed by atoms with van der Waals surface area (Å²) in [5.41, 5.74) is 3.66. The number of nitrogens with one attached hydrogen (secondary N) is 1. The Bertz CT molecular complexity index is 1470. The summed E-state index contributed by atoms with van der Waals surface area (Å²) in [4.78, 5) is 50.0. The van der Waals surface area contributed by atoms with Gasteiger partial charge in [-0.3, -0.25) is 19.1 Å². The maximum Gasteiger partial charge on any atom is 0.245 e. The number of Topliss-reactive ketones (excluding diaryl/α,β-unsaturated/α-hetero) is 1. The summed E-state index contributed by atoms with van der Waals surface area (Å²) in [6.45, 7) is 14.3. The minimum atomic E-state index is -0.489. The zero-order valence-corrected chi connectivity index (χ0v) is 24.0. The van der Waals surface area contributed by atoms with Crippen molar-refractivity contribution < 1.29 is 14.4 Å². The molecule has 0 radical (unpaired) electrons. The van der Waals surface area contributed by atoms with Gasteiger partial charge in [-0.05, 0) is 67.2 Å². The molecule has 1 aliphatic carbocycles. The Hall–Kier alpha value is -3.62. The van der Waals surface area contributed by atoms with Crippen LogP contribution in [0.25, 0.3) is 22.0 Å². The minimum absolute atomic E-state index is 0.00588. The van der Waals surface area contributed by atoms with Crippen LogP contribution < -0.4 is 5.32 Å². The van der Waals surface area contributed by atoms with Gasteiger partial charge in [0.05, 0.1) is 5.52 Å². The molecule has 9 nitrogen and oxygen atoms in total. The van der Waals surface area contributed by atoms with E-state index < -0.39 is 6.04 Å². The molecule has 2 fully saturated rings. The molecule has 0 unspecified atom stereocenters. The number of likely N-dealkylation sites (tertiary alicyclic amines) is 1. The lowest BCUT2D eigenvalue weighted by molar-refractivity contribution is -0.140. The summed E-state index contributed by atoms with van der Waals surface area (Å²) >= 11 is 0. The van der Waals surface area contributed by atoms with Crippen LogP contribution in [0.2, 0.25) is 0 Å². The van der Waals surface area contributed by atoms with Gasteiger partial charge in [0.15, 0.2) is 5.78 Å². The Balaban J connectivity index is 1.45. The second-order valence-corrected chi connectivity index (χ2v) is 12.4. The van der Waals surface area contributed by atoms with Crippen LogP contribution in [0.15, 0.2) is 24.5 Å². The zero-order chi connectivity index (χ0) is 28.3. The fraction of sp³-hybridized carbons (Fsp3) is 0.533. The predicted molar refractivity (Wildman–Crippen MR) is 149 cm³/mol. The van der Waals surface area contributed by atoms with Crippen LogP contribution in [0.4, 0.5) is 0 Å². The number of hydrogen-bond acceptors (Lipinski definition) is 6. The number of nitrogens with zero attached hydrogens (tertiary/aromatic N) is 5. The molecule has 1 aromatic carbocycles. The first-order chi connectivity index (χ1) is 18.3. The molecule has 206 valence electrons. The lowest BCUT2D eigenvalue weighted by Gasteiger charge is -2.29. The molecule has 3 aromatic rings. The van der Waals surface area contributed by atoms with Gasteiger partial charge in [0.2, 0.25) is 11.8 Å². The van der Waals surface area contributed by atoms with E-state index in [1.54, 1.807) is 22.0 Å². The second kappa shape index (κ2) is 9.54. The number of ketones is 1. The van der Waals surface area contributed by atoms with Crippen molar-refractivity contribution >= 4 is 28.5 Å². The number of aromatic nitrogens is 4. The van der Waals surface area contributed by atoms with E-state index in [1.807, 2.05) is 26.0 Å². The predicted octanol–water partition coefficient (Wildman–Crippen LogP) is 4.24. The van der Waals surface area contributed by atoms with Crippen molar-refractivity contribution in [3.8, 4) is 11.1 Å². The number of aryl methyl sites for hydroxylation is 2. The maximum atomic E-state index is 13.8. The first kappa shape index (κ1) is 27.0. The molecule has 2 aromatic heterocycles. The van der Waals surface area contributed by atoms with E-state index in [-0.39, 0.29) is 41.0 Å². The topological polar surface area (TPSA) is 110 Å². The third-order valence-corrected chi connectivity index (χ3v) is 8.69. The van der Waals surface area contributed by atoms with Crippen LogP contribution in [0.3, 0.4) is 0 Å². The molecule has 1 saturated heterocycles. The summed E-state index contributed by atoms with van der Waals surface area (Å²) < 4.78 is 1.63. The van der Waals surface area contributed by atoms with E-state index in [4.69, 9.17) is 0 Å². The smallest absolute Gasteiger partial charge is 0.245 e. The number of amides is 2. The second-order valence-electron chi connectivity index (χ2n) is 12.4. The van der Waals surface area contributed by atoms with Crippen LogP contribution in [-0.4, -0.2) is 60.9 Å². The normalized spacial score (nSPS) is 22.2. The highest BCUT2D eigenvalue weighted by Crippen LogP contribution is 2.59. The first-order valence-corrected chi connectivity index (χ1v) is 13.7. The van der Waals surface area contributed by atoms with Crippen molar-refractivity contribution in [1.82, 2.24) is 30.0 Å². The summed E-state index contributed by atoms with van der Waals surface area (Å²) in [6, 6.07) is 3.49. The Morgan fingerprint density at radius 3 is 2.44 bits per heavy atom. The Morgan fingerprint density at radius 2 is 1.79 bits per heavy atom. The molecule has 5 rings (SSSR count). The Labute approximate surface area is 229 Å². The fourth-order valence-electron chi connectivity index (χ4n) is 5.75. The average molecular weight is 531 g/mol. The number of hydrogen-bond donors (Lipinski definition) is 1. The number of piperidine rings is 1. The third kappa shape index (κ3) is 4.94. The van der Waals surface area contributed by atoms with Crippen LogP contribution in [0, 0.1) is 24.7 Å². The number of carbonyl (C=O) groups is 3. The molecule has 1 saturated carbocycles. The quantitative estimate of drug-likeness (QED) is 0.436. The van der Waals surface area contributed by atoms with E-state index in [1.165, 1.54) is 6.92 Å². The van der Waals surface area contributed by atoms with Crippen LogP contribution in [-0.2, 0) is 16.1 Å². The van der Waals surface area contributed by atoms with Gasteiger partial charge in [0.25, 0.3) is 0 Å². The van der Waals surface area contributed by atoms with Crippen LogP contribution in [0.1, 0.15) is 75.8 Å². The van der Waals surface area contributed by atoms with Crippen molar-refractivity contribution in [3.63, 3.8) is 0 Å². The van der Waals surface area contributed by atoms with Crippen molar-refractivity contribution in [2.45, 2.75) is 86.4 Å². The molecule has 3 atom stereocenters. The largest absolute Gasteiger partial charge is 0.354 e. The van der Waals surface area contributed by atoms with Gasteiger partial charge < -0.3 is 10.2 Å². The third-order valence-electron chi connectivity index (χ3n) is 8.69. The SMILES string of the molecule is CCC(C)(C)CNC(=O)[C@@H]1C[C@@]2(C)C[C@H]2N1C(=O)Cn1nc(C(C)=O)c2cc(-c3cnc(C)nc3)cc(C)c21. The lowest BCUT2D eigenvalue weighted by atomic mass is 9.90. The van der Waals surface area contributed by atoms with E-state index in [0.29, 0.717) is 29.9 Å². The molecule has 1 aliphatic heterocycles. The van der Waals surface area contributed by atoms with E-state index in [9.17, 15) is 14.4 Å². The number of rotatable bonds is 8. The highest BCUT2D eigenvalue weighted by atomic mass is 16.2. The van der Waals surface area contributed by atoms with Gasteiger partial charge in [-0.15, -0.1) is 0 Å². The van der Waals surface area contributed by atoms with E-state index in [2.05, 4.69) is 48.1 Å². The van der Waals surface area contributed by atoms with Gasteiger partial charge in [0, 0.05) is 42.9 Å². The van der Waals surface area contributed by atoms with Crippen molar-refractivity contribution in [2.75, 3.05) is 6.54 Å². The molecule has 2 amide bonds. The number of fused-ring (bicyclic) bond motifs is 2. The van der Waals surface area contributed by atoms with Crippen molar-refractivity contribution in [1.29, 1.82) is 0 Å². The van der Waals surface area contributed by atoms with Crippen molar-refractivity contribution in [2.24, 2.45) is 10.8 Å². The molecule has 0 bridgehead atoms. The molecule has 2 aliphatic rings. The monoisotopic (exact) mass is 530 g/mol. The maximum absolute atomic E-state index is 13.8. The van der Waals surface area contributed by atoms with Gasteiger partial charge in [-0.25, -0.2) is 9.97 Å². The van der Waals surface area contributed by atoms with Gasteiger partial charge in [-0.2, -0.15) is 5.10 Å². The van der Waals surface area contributed by atoms with Crippen LogP contribution >= 0.6 is 0 Å². The van der Waals surface area contributed by atoms with Gasteiger partial charge in [0.1, 0.15) is 24.1 Å². The number of benzene rings is 1. The standard InChI is InChI=1S/C30H38N6O3/c1-8-29(5,6)16-33-28(39)23-11-30(7)12-24(30)36(23)25(38)15-35-27-17(2)9-20(21-13-31-19(4)32-14-21)10-22(27)26(34-35)18(3)37/h9-10,13-14,23-24H,8,11-12,15-16H2,1-7H3,(H,33,39)/t23-,24+,30-/m0/s1. The molecule has 9 heteroatoms. The van der Waals surface area contributed by atoms with Crippen LogP contribution in [0.5, 0.6) is 0 Å². The lowest BCUT2D eigenvalue weighted by Crippen LogP contribution is -2.50. The van der Waals surface area contributed by atoms with E-state index >= 15 is 0 Å². The highest BCUT2D eigenvalue weighted by Gasteiger charge is 2.64. The van der Waals surface area contributed by atoms with Gasteiger partial charge in [-0.1, -0.05) is 27.7 Å². The molecule has 0 spiro atoms. The Kier molecular flexibility index (Phi) is 6.59. The van der Waals surface area contributed by atoms with Gasteiger partial charge >= 0.3 is 0 Å². The summed E-state index contributed by atoms with van der Waals surface area (Å²) in [7, 11) is 0. The van der Waals surface area contributed by atoms with E-state index in [0.717, 1.165) is 35.0 Å². The zero-order valence-electron chi connectivity index (χ0n) is 24.0. The first-order valence-electron chi connectivity index (χ1n) is 13.7. The molecule has 3 heterocycles. The highest BCUT2D eigenvalue weighted by molar-refractivity contribution is 6.07. The fourth-order valence-corrected chi connectivity index (χ4v) is 5.75. The summed E-state index contributed by atoms with van der Waals surface area (Å²) in [5, 5.41) is 8.39. The number of carbonyl (C=O) groups excluding carboxylic acids is 3. The Morgan fingerprint density at radius 1 is 1.10 bits per heavy atom. The molecular formula is C30H38N6O3. The molecular weight excluding hydrogens is 492 g/mol. The minimum Gasteiger partial charge on any atom is -0.354 e.